The molecule has 1 atom stereocenters. The Bertz CT molecular complexity index is 484. The molecule has 1 aliphatic rings. The van der Waals surface area contributed by atoms with Crippen LogP contribution in [0.25, 0.3) is 0 Å². The molecule has 0 amide bonds. The molecule has 0 spiro atoms. The standard InChI is InChI=1S/C14H16F2O3/c1-8(14(17)18)4-10-5-11(15)6-12(16)13(10)19-7-9-2-3-9/h5-6,8-9H,2-4,7H2,1H3,(H,17,18). The van der Waals surface area contributed by atoms with Gasteiger partial charge in [0.2, 0.25) is 0 Å². The van der Waals surface area contributed by atoms with E-state index >= 15 is 0 Å². The van der Waals surface area contributed by atoms with Crippen molar-refractivity contribution >= 4 is 5.97 Å². The zero-order valence-electron chi connectivity index (χ0n) is 10.7. The lowest BCUT2D eigenvalue weighted by molar-refractivity contribution is -0.141. The molecule has 1 fully saturated rings. The second-order valence-corrected chi connectivity index (χ2v) is 5.07. The number of halogens is 2. The summed E-state index contributed by atoms with van der Waals surface area (Å²) in [5, 5.41) is 8.87. The van der Waals surface area contributed by atoms with E-state index in [-0.39, 0.29) is 17.7 Å². The molecule has 1 aromatic carbocycles. The van der Waals surface area contributed by atoms with Crippen molar-refractivity contribution in [2.45, 2.75) is 26.2 Å². The molecule has 1 saturated carbocycles. The van der Waals surface area contributed by atoms with Gasteiger partial charge in [0.15, 0.2) is 11.6 Å². The van der Waals surface area contributed by atoms with Gasteiger partial charge in [-0.2, -0.15) is 0 Å². The van der Waals surface area contributed by atoms with Gasteiger partial charge in [0.25, 0.3) is 0 Å². The van der Waals surface area contributed by atoms with E-state index in [2.05, 4.69) is 0 Å². The fraction of sp³-hybridized carbons (Fsp3) is 0.500. The Kier molecular flexibility index (Phi) is 4.02. The predicted octanol–water partition coefficient (Wildman–Crippen LogP) is 3.02. The van der Waals surface area contributed by atoms with Crippen LogP contribution in [0, 0.1) is 23.5 Å². The summed E-state index contributed by atoms with van der Waals surface area (Å²) in [5.41, 5.74) is 0.271. The van der Waals surface area contributed by atoms with Crippen LogP contribution >= 0.6 is 0 Å². The molecule has 19 heavy (non-hydrogen) atoms. The van der Waals surface area contributed by atoms with E-state index in [1.165, 1.54) is 6.92 Å². The summed E-state index contributed by atoms with van der Waals surface area (Å²) in [5.74, 6) is -2.78. The van der Waals surface area contributed by atoms with Crippen LogP contribution < -0.4 is 4.74 Å². The lowest BCUT2D eigenvalue weighted by Crippen LogP contribution is -2.14. The quantitative estimate of drug-likeness (QED) is 0.864. The van der Waals surface area contributed by atoms with Crippen LogP contribution in [0.4, 0.5) is 8.78 Å². The molecular weight excluding hydrogens is 254 g/mol. The number of carboxylic acids is 1. The molecule has 1 unspecified atom stereocenters. The summed E-state index contributed by atoms with van der Waals surface area (Å²) in [6.07, 6.45) is 2.16. The van der Waals surface area contributed by atoms with Gasteiger partial charge in [0.05, 0.1) is 12.5 Å². The van der Waals surface area contributed by atoms with Gasteiger partial charge < -0.3 is 9.84 Å². The van der Waals surface area contributed by atoms with Gasteiger partial charge in [-0.15, -0.1) is 0 Å². The number of benzene rings is 1. The number of carboxylic acid groups (broad SMARTS) is 1. The van der Waals surface area contributed by atoms with Crippen LogP contribution in [-0.2, 0) is 11.2 Å². The Morgan fingerprint density at radius 2 is 2.16 bits per heavy atom. The van der Waals surface area contributed by atoms with Crippen LogP contribution in [0.5, 0.6) is 5.75 Å². The van der Waals surface area contributed by atoms with Crippen molar-refractivity contribution in [3.63, 3.8) is 0 Å². The first-order chi connectivity index (χ1) is 8.97. The van der Waals surface area contributed by atoms with Gasteiger partial charge in [-0.3, -0.25) is 4.79 Å². The molecule has 1 N–H and O–H groups in total. The van der Waals surface area contributed by atoms with Crippen molar-refractivity contribution in [2.75, 3.05) is 6.61 Å². The van der Waals surface area contributed by atoms with Crippen molar-refractivity contribution in [3.05, 3.63) is 29.3 Å². The minimum absolute atomic E-state index is 0.0126. The van der Waals surface area contributed by atoms with E-state index in [0.717, 1.165) is 25.0 Å². The lowest BCUT2D eigenvalue weighted by Gasteiger charge is -2.14. The Balaban J connectivity index is 2.19. The normalized spacial score (nSPS) is 16.2. The number of hydrogen-bond donors (Lipinski definition) is 1. The smallest absolute Gasteiger partial charge is 0.306 e. The van der Waals surface area contributed by atoms with Crippen molar-refractivity contribution in [3.8, 4) is 5.75 Å². The molecule has 0 bridgehead atoms. The fourth-order valence-electron chi connectivity index (χ4n) is 1.83. The van der Waals surface area contributed by atoms with Crippen LogP contribution in [0.1, 0.15) is 25.3 Å². The highest BCUT2D eigenvalue weighted by atomic mass is 19.1. The van der Waals surface area contributed by atoms with Gasteiger partial charge in [0.1, 0.15) is 5.82 Å². The first-order valence-electron chi connectivity index (χ1n) is 6.31. The molecule has 104 valence electrons. The molecule has 3 nitrogen and oxygen atoms in total. The summed E-state index contributed by atoms with van der Waals surface area (Å²) in [7, 11) is 0. The summed E-state index contributed by atoms with van der Waals surface area (Å²) in [6, 6.07) is 1.90. The van der Waals surface area contributed by atoms with Crippen molar-refractivity contribution in [1.29, 1.82) is 0 Å². The van der Waals surface area contributed by atoms with Crippen molar-refractivity contribution < 1.29 is 23.4 Å². The van der Waals surface area contributed by atoms with Crippen LogP contribution in [0.2, 0.25) is 0 Å². The third kappa shape index (κ3) is 3.66. The number of ether oxygens (including phenoxy) is 1. The van der Waals surface area contributed by atoms with Crippen molar-refractivity contribution in [2.24, 2.45) is 11.8 Å². The third-order valence-corrected chi connectivity index (χ3v) is 3.19. The monoisotopic (exact) mass is 270 g/mol. The Morgan fingerprint density at radius 3 is 2.74 bits per heavy atom. The summed E-state index contributed by atoms with van der Waals surface area (Å²) in [6.45, 7) is 1.90. The minimum atomic E-state index is -1.00. The number of aliphatic carboxylic acids is 1. The topological polar surface area (TPSA) is 46.5 Å². The Hall–Kier alpha value is -1.65. The highest BCUT2D eigenvalue weighted by molar-refractivity contribution is 5.70. The molecule has 0 aliphatic heterocycles. The van der Waals surface area contributed by atoms with Gasteiger partial charge in [0, 0.05) is 11.6 Å². The van der Waals surface area contributed by atoms with E-state index in [9.17, 15) is 13.6 Å². The average molecular weight is 270 g/mol. The summed E-state index contributed by atoms with van der Waals surface area (Å²) >= 11 is 0. The van der Waals surface area contributed by atoms with Gasteiger partial charge in [-0.05, 0) is 31.2 Å². The van der Waals surface area contributed by atoms with Crippen LogP contribution in [0.15, 0.2) is 12.1 Å². The van der Waals surface area contributed by atoms with E-state index in [0.29, 0.717) is 12.5 Å². The largest absolute Gasteiger partial charge is 0.490 e. The number of hydrogen-bond acceptors (Lipinski definition) is 2. The molecule has 1 aromatic rings. The lowest BCUT2D eigenvalue weighted by atomic mass is 10.00. The molecule has 2 rings (SSSR count). The second-order valence-electron chi connectivity index (χ2n) is 5.07. The number of carbonyl (C=O) groups is 1. The van der Waals surface area contributed by atoms with Gasteiger partial charge >= 0.3 is 5.97 Å². The first kappa shape index (κ1) is 13.8. The maximum Gasteiger partial charge on any atom is 0.306 e. The van der Waals surface area contributed by atoms with Gasteiger partial charge in [-0.1, -0.05) is 6.92 Å². The Labute approximate surface area is 110 Å². The summed E-state index contributed by atoms with van der Waals surface area (Å²) < 4.78 is 32.3. The fourth-order valence-corrected chi connectivity index (χ4v) is 1.83. The minimum Gasteiger partial charge on any atom is -0.490 e. The predicted molar refractivity (Wildman–Crippen MR) is 65.1 cm³/mol. The molecule has 0 heterocycles. The highest BCUT2D eigenvalue weighted by Crippen LogP contribution is 2.32. The molecule has 0 radical (unpaired) electrons. The zero-order valence-corrected chi connectivity index (χ0v) is 10.7. The third-order valence-electron chi connectivity index (χ3n) is 3.19. The molecule has 1 aliphatic carbocycles. The van der Waals surface area contributed by atoms with Gasteiger partial charge in [-0.25, -0.2) is 8.78 Å². The van der Waals surface area contributed by atoms with E-state index < -0.39 is 23.5 Å². The second kappa shape index (κ2) is 5.55. The number of rotatable bonds is 6. The highest BCUT2D eigenvalue weighted by Gasteiger charge is 2.24. The summed E-state index contributed by atoms with van der Waals surface area (Å²) in [4.78, 5) is 10.8. The Morgan fingerprint density at radius 1 is 1.47 bits per heavy atom. The van der Waals surface area contributed by atoms with E-state index in [1.807, 2.05) is 0 Å². The molecule has 0 aromatic heterocycles. The van der Waals surface area contributed by atoms with Crippen LogP contribution in [-0.4, -0.2) is 17.7 Å². The average Bonchev–Trinajstić information content (AvgIpc) is 3.11. The van der Waals surface area contributed by atoms with Crippen LogP contribution in [0.3, 0.4) is 0 Å². The molecule has 5 heteroatoms. The maximum absolute atomic E-state index is 13.7. The molecule has 0 saturated heterocycles. The van der Waals surface area contributed by atoms with E-state index in [1.54, 1.807) is 0 Å². The van der Waals surface area contributed by atoms with E-state index in [4.69, 9.17) is 9.84 Å². The first-order valence-corrected chi connectivity index (χ1v) is 6.31. The SMILES string of the molecule is CC(Cc1cc(F)cc(F)c1OCC1CC1)C(=O)O. The zero-order chi connectivity index (χ0) is 14.0. The molecular formula is C14H16F2O3. The van der Waals surface area contributed by atoms with Crippen molar-refractivity contribution in [1.82, 2.24) is 0 Å². The maximum atomic E-state index is 13.7.